The second-order valence-corrected chi connectivity index (χ2v) is 6.16. The fourth-order valence-corrected chi connectivity index (χ4v) is 3.24. The molecule has 0 heterocycles. The maximum atomic E-state index is 12.1. The first-order valence-corrected chi connectivity index (χ1v) is 6.99. The van der Waals surface area contributed by atoms with E-state index in [2.05, 4.69) is 4.72 Å². The first kappa shape index (κ1) is 14.2. The van der Waals surface area contributed by atoms with E-state index in [0.29, 0.717) is 11.1 Å². The van der Waals surface area contributed by atoms with Crippen molar-refractivity contribution in [1.29, 1.82) is 0 Å². The quantitative estimate of drug-likeness (QED) is 0.858. The molecule has 96 valence electrons. The summed E-state index contributed by atoms with van der Waals surface area (Å²) in [5.41, 5.74) is 2.22. The number of nitrogens with one attached hydrogen (secondary N) is 1. The van der Waals surface area contributed by atoms with Crippen LogP contribution in [0.2, 0.25) is 0 Å². The van der Waals surface area contributed by atoms with Crippen LogP contribution in [0.4, 0.5) is 0 Å². The van der Waals surface area contributed by atoms with Gasteiger partial charge in [-0.05, 0) is 50.5 Å². The summed E-state index contributed by atoms with van der Waals surface area (Å²) in [5, 5.41) is 9.17. The van der Waals surface area contributed by atoms with Crippen molar-refractivity contribution in [3.63, 3.8) is 0 Å². The van der Waals surface area contributed by atoms with Gasteiger partial charge in [-0.2, -0.15) is 0 Å². The number of aryl methyl sites for hydroxylation is 2. The van der Waals surface area contributed by atoms with Gasteiger partial charge in [-0.25, -0.2) is 13.1 Å². The summed E-state index contributed by atoms with van der Waals surface area (Å²) in [6.07, 6.45) is 0. The summed E-state index contributed by atoms with van der Waals surface area (Å²) in [4.78, 5) is 0.237. The highest BCUT2D eigenvalue weighted by atomic mass is 32.2. The van der Waals surface area contributed by atoms with Gasteiger partial charge in [-0.1, -0.05) is 6.07 Å². The standard InChI is InChI=1S/C12H19NO3S/c1-8(2)13-17(15,16)12-6-11(7-14)9(3)5-10(12)4/h5-6,8,13-14H,7H2,1-4H3. The van der Waals surface area contributed by atoms with Crippen LogP contribution in [0.1, 0.15) is 30.5 Å². The van der Waals surface area contributed by atoms with E-state index in [-0.39, 0.29) is 17.5 Å². The second-order valence-electron chi connectivity index (χ2n) is 4.48. The van der Waals surface area contributed by atoms with Gasteiger partial charge in [0.1, 0.15) is 0 Å². The van der Waals surface area contributed by atoms with Gasteiger partial charge in [0.05, 0.1) is 11.5 Å². The molecule has 0 atom stereocenters. The highest BCUT2D eigenvalue weighted by Gasteiger charge is 2.19. The summed E-state index contributed by atoms with van der Waals surface area (Å²) in [5.74, 6) is 0. The zero-order valence-corrected chi connectivity index (χ0v) is 11.4. The fourth-order valence-electron chi connectivity index (χ4n) is 1.71. The lowest BCUT2D eigenvalue weighted by Gasteiger charge is -2.14. The molecule has 1 aromatic rings. The number of aliphatic hydroxyl groups is 1. The molecule has 1 rings (SSSR count). The van der Waals surface area contributed by atoms with Gasteiger partial charge in [-0.3, -0.25) is 0 Å². The second kappa shape index (κ2) is 5.16. The molecule has 4 nitrogen and oxygen atoms in total. The average molecular weight is 257 g/mol. The Labute approximate surface area is 103 Å². The van der Waals surface area contributed by atoms with Crippen LogP contribution in [0, 0.1) is 13.8 Å². The molecular formula is C12H19NO3S. The van der Waals surface area contributed by atoms with Crippen LogP contribution in [0.5, 0.6) is 0 Å². The van der Waals surface area contributed by atoms with Gasteiger partial charge >= 0.3 is 0 Å². The Bertz CT molecular complexity index is 507. The average Bonchev–Trinajstić information content (AvgIpc) is 2.15. The van der Waals surface area contributed by atoms with Crippen LogP contribution < -0.4 is 4.72 Å². The number of benzene rings is 1. The van der Waals surface area contributed by atoms with Gasteiger partial charge < -0.3 is 5.11 Å². The molecule has 0 bridgehead atoms. The summed E-state index contributed by atoms with van der Waals surface area (Å²) in [6, 6.07) is 3.16. The molecule has 0 saturated heterocycles. The predicted octanol–water partition coefficient (Wildman–Crippen LogP) is 1.48. The molecule has 0 aliphatic heterocycles. The van der Waals surface area contributed by atoms with Crippen molar-refractivity contribution < 1.29 is 13.5 Å². The number of aliphatic hydroxyl groups excluding tert-OH is 1. The van der Waals surface area contributed by atoms with E-state index in [1.807, 2.05) is 6.92 Å². The molecule has 17 heavy (non-hydrogen) atoms. The first-order valence-electron chi connectivity index (χ1n) is 5.51. The van der Waals surface area contributed by atoms with Gasteiger partial charge in [0.2, 0.25) is 10.0 Å². The minimum atomic E-state index is -3.50. The first-order chi connectivity index (χ1) is 7.77. The summed E-state index contributed by atoms with van der Waals surface area (Å²) in [7, 11) is -3.50. The minimum Gasteiger partial charge on any atom is -0.392 e. The number of hydrogen-bond donors (Lipinski definition) is 2. The molecule has 2 N–H and O–H groups in total. The summed E-state index contributed by atoms with van der Waals surface area (Å²) < 4.78 is 26.6. The summed E-state index contributed by atoms with van der Waals surface area (Å²) >= 11 is 0. The zero-order chi connectivity index (χ0) is 13.2. The van der Waals surface area contributed by atoms with Gasteiger partial charge in [0, 0.05) is 6.04 Å². The smallest absolute Gasteiger partial charge is 0.241 e. The van der Waals surface area contributed by atoms with E-state index in [1.165, 1.54) is 6.07 Å². The highest BCUT2D eigenvalue weighted by molar-refractivity contribution is 7.89. The Kier molecular flexibility index (Phi) is 4.30. The molecule has 0 unspecified atom stereocenters. The molecule has 5 heteroatoms. The van der Waals surface area contributed by atoms with E-state index in [4.69, 9.17) is 5.11 Å². The Balaban J connectivity index is 3.31. The SMILES string of the molecule is Cc1cc(C)c(S(=O)(=O)NC(C)C)cc1CO. The number of sulfonamides is 1. The lowest BCUT2D eigenvalue weighted by molar-refractivity contribution is 0.280. The van der Waals surface area contributed by atoms with Crippen LogP contribution in [0.3, 0.4) is 0 Å². The van der Waals surface area contributed by atoms with E-state index >= 15 is 0 Å². The van der Waals surface area contributed by atoms with Crippen LogP contribution >= 0.6 is 0 Å². The van der Waals surface area contributed by atoms with Crippen LogP contribution in [0.15, 0.2) is 17.0 Å². The Morgan fingerprint density at radius 2 is 1.82 bits per heavy atom. The Morgan fingerprint density at radius 3 is 2.29 bits per heavy atom. The molecule has 0 spiro atoms. The van der Waals surface area contributed by atoms with Gasteiger partial charge in [0.15, 0.2) is 0 Å². The molecule has 0 fully saturated rings. The number of rotatable bonds is 4. The van der Waals surface area contributed by atoms with E-state index in [1.54, 1.807) is 26.8 Å². The van der Waals surface area contributed by atoms with Crippen LogP contribution in [-0.2, 0) is 16.6 Å². The van der Waals surface area contributed by atoms with Crippen molar-refractivity contribution >= 4 is 10.0 Å². The molecule has 0 aliphatic rings. The molecule has 0 saturated carbocycles. The zero-order valence-electron chi connectivity index (χ0n) is 10.6. The van der Waals surface area contributed by atoms with E-state index in [9.17, 15) is 8.42 Å². The van der Waals surface area contributed by atoms with E-state index in [0.717, 1.165) is 5.56 Å². The van der Waals surface area contributed by atoms with Crippen molar-refractivity contribution in [3.8, 4) is 0 Å². The third-order valence-electron chi connectivity index (χ3n) is 2.48. The number of hydrogen-bond acceptors (Lipinski definition) is 3. The third-order valence-corrected chi connectivity index (χ3v) is 4.28. The lowest BCUT2D eigenvalue weighted by atomic mass is 10.1. The maximum Gasteiger partial charge on any atom is 0.241 e. The van der Waals surface area contributed by atoms with E-state index < -0.39 is 10.0 Å². The van der Waals surface area contributed by atoms with Crippen LogP contribution in [0.25, 0.3) is 0 Å². The highest BCUT2D eigenvalue weighted by Crippen LogP contribution is 2.20. The minimum absolute atomic E-state index is 0.154. The van der Waals surface area contributed by atoms with Crippen molar-refractivity contribution in [2.24, 2.45) is 0 Å². The maximum absolute atomic E-state index is 12.1. The predicted molar refractivity (Wildman–Crippen MR) is 67.3 cm³/mol. The molecule has 0 aromatic heterocycles. The largest absolute Gasteiger partial charge is 0.392 e. The van der Waals surface area contributed by atoms with Gasteiger partial charge in [0.25, 0.3) is 0 Å². The van der Waals surface area contributed by atoms with Crippen LogP contribution in [-0.4, -0.2) is 19.6 Å². The van der Waals surface area contributed by atoms with Crippen molar-refractivity contribution in [3.05, 3.63) is 28.8 Å². The molecule has 0 radical (unpaired) electrons. The van der Waals surface area contributed by atoms with Gasteiger partial charge in [-0.15, -0.1) is 0 Å². The lowest BCUT2D eigenvalue weighted by Crippen LogP contribution is -2.30. The van der Waals surface area contributed by atoms with Crippen molar-refractivity contribution in [2.75, 3.05) is 0 Å². The third kappa shape index (κ3) is 3.28. The normalized spacial score (nSPS) is 12.1. The Morgan fingerprint density at radius 1 is 1.24 bits per heavy atom. The molecule has 0 aliphatic carbocycles. The Hall–Kier alpha value is -0.910. The molecule has 0 amide bonds. The fraction of sp³-hybridized carbons (Fsp3) is 0.500. The summed E-state index contributed by atoms with van der Waals surface area (Å²) in [6.45, 7) is 6.99. The van der Waals surface area contributed by atoms with Crippen molar-refractivity contribution in [2.45, 2.75) is 45.2 Å². The van der Waals surface area contributed by atoms with Crippen molar-refractivity contribution in [1.82, 2.24) is 4.72 Å². The molecule has 1 aromatic carbocycles. The molecular weight excluding hydrogens is 238 g/mol. The topological polar surface area (TPSA) is 66.4 Å². The monoisotopic (exact) mass is 257 g/mol.